The summed E-state index contributed by atoms with van der Waals surface area (Å²) >= 11 is 0. The first-order valence-electron chi connectivity index (χ1n) is 5.68. The van der Waals surface area contributed by atoms with E-state index in [1.54, 1.807) is 6.92 Å². The molecule has 0 aliphatic rings. The minimum atomic E-state index is -0.608. The van der Waals surface area contributed by atoms with Crippen molar-refractivity contribution < 1.29 is 10.2 Å². The van der Waals surface area contributed by atoms with Crippen molar-refractivity contribution in [2.24, 2.45) is 0 Å². The second-order valence-corrected chi connectivity index (χ2v) is 4.40. The van der Waals surface area contributed by atoms with E-state index in [1.807, 2.05) is 0 Å². The van der Waals surface area contributed by atoms with E-state index in [1.165, 1.54) is 5.56 Å². The van der Waals surface area contributed by atoms with Crippen LogP contribution in [-0.4, -0.2) is 29.0 Å². The lowest BCUT2D eigenvalue weighted by Gasteiger charge is -2.26. The van der Waals surface area contributed by atoms with Crippen LogP contribution >= 0.6 is 0 Å². The van der Waals surface area contributed by atoms with Gasteiger partial charge in [0, 0.05) is 6.54 Å². The molecule has 3 N–H and O–H groups in total. The Hall–Kier alpha value is -0.900. The quantitative estimate of drug-likeness (QED) is 0.676. The smallest absolute Gasteiger partial charge is 0.0633 e. The van der Waals surface area contributed by atoms with Crippen molar-refractivity contribution in [2.45, 2.75) is 32.4 Å². The fraction of sp³-hybridized carbons (Fsp3) is 0.538. The van der Waals surface area contributed by atoms with E-state index < -0.39 is 5.54 Å². The summed E-state index contributed by atoms with van der Waals surface area (Å²) in [5.74, 6) is 0. The summed E-state index contributed by atoms with van der Waals surface area (Å²) in [4.78, 5) is 0. The first kappa shape index (κ1) is 13.2. The minimum Gasteiger partial charge on any atom is -0.394 e. The summed E-state index contributed by atoms with van der Waals surface area (Å²) in [6.07, 6.45) is 1.04. The zero-order chi connectivity index (χ0) is 12.0. The van der Waals surface area contributed by atoms with Crippen LogP contribution in [-0.2, 0) is 13.0 Å². The van der Waals surface area contributed by atoms with Gasteiger partial charge in [-0.15, -0.1) is 0 Å². The summed E-state index contributed by atoms with van der Waals surface area (Å²) in [6.45, 7) is 4.43. The fourth-order valence-electron chi connectivity index (χ4n) is 1.37. The molecule has 1 aromatic carbocycles. The van der Waals surface area contributed by atoms with Crippen LogP contribution in [0.5, 0.6) is 0 Å². The number of aliphatic hydroxyl groups excluding tert-OH is 2. The predicted octanol–water partition coefficient (Wildman–Crippen LogP) is 1.08. The van der Waals surface area contributed by atoms with Gasteiger partial charge < -0.3 is 15.5 Å². The van der Waals surface area contributed by atoms with E-state index in [-0.39, 0.29) is 13.2 Å². The van der Waals surface area contributed by atoms with Crippen LogP contribution in [0.25, 0.3) is 0 Å². The SMILES string of the molecule is CCc1ccc(CNC(C)(CO)CO)cc1. The number of aryl methyl sites for hydroxylation is 1. The molecule has 90 valence electrons. The minimum absolute atomic E-state index is 0.0729. The summed E-state index contributed by atoms with van der Waals surface area (Å²) in [7, 11) is 0. The van der Waals surface area contributed by atoms with Gasteiger partial charge in [0.2, 0.25) is 0 Å². The molecular weight excluding hydrogens is 202 g/mol. The van der Waals surface area contributed by atoms with Gasteiger partial charge in [0.05, 0.1) is 18.8 Å². The Morgan fingerprint density at radius 2 is 1.56 bits per heavy atom. The molecule has 0 atom stereocenters. The monoisotopic (exact) mass is 223 g/mol. The lowest BCUT2D eigenvalue weighted by atomic mass is 10.0. The van der Waals surface area contributed by atoms with Crippen molar-refractivity contribution in [2.75, 3.05) is 13.2 Å². The van der Waals surface area contributed by atoms with E-state index in [0.717, 1.165) is 12.0 Å². The molecule has 0 spiro atoms. The largest absolute Gasteiger partial charge is 0.394 e. The average Bonchev–Trinajstić information content (AvgIpc) is 2.36. The number of nitrogens with one attached hydrogen (secondary N) is 1. The van der Waals surface area contributed by atoms with E-state index in [0.29, 0.717) is 6.54 Å². The van der Waals surface area contributed by atoms with Gasteiger partial charge in [-0.2, -0.15) is 0 Å². The Balaban J connectivity index is 2.54. The number of rotatable bonds is 6. The van der Waals surface area contributed by atoms with Gasteiger partial charge in [-0.3, -0.25) is 0 Å². The molecule has 3 heteroatoms. The van der Waals surface area contributed by atoms with Crippen LogP contribution in [0, 0.1) is 0 Å². The number of hydrogen-bond donors (Lipinski definition) is 3. The predicted molar refractivity (Wildman–Crippen MR) is 65.2 cm³/mol. The molecule has 0 aliphatic carbocycles. The molecule has 0 saturated heterocycles. The topological polar surface area (TPSA) is 52.5 Å². The molecule has 0 fully saturated rings. The summed E-state index contributed by atoms with van der Waals surface area (Å²) in [6, 6.07) is 8.35. The summed E-state index contributed by atoms with van der Waals surface area (Å²) in [5.41, 5.74) is 1.87. The Bertz CT molecular complexity index is 304. The van der Waals surface area contributed by atoms with Crippen LogP contribution in [0.4, 0.5) is 0 Å². The first-order chi connectivity index (χ1) is 7.63. The molecule has 3 nitrogen and oxygen atoms in total. The van der Waals surface area contributed by atoms with Gasteiger partial charge in [-0.1, -0.05) is 31.2 Å². The second-order valence-electron chi connectivity index (χ2n) is 4.40. The van der Waals surface area contributed by atoms with Crippen molar-refractivity contribution in [3.63, 3.8) is 0 Å². The molecule has 0 unspecified atom stereocenters. The molecular formula is C13H21NO2. The van der Waals surface area contributed by atoms with Gasteiger partial charge in [-0.05, 0) is 24.5 Å². The third kappa shape index (κ3) is 3.59. The Morgan fingerprint density at radius 3 is 2.00 bits per heavy atom. The number of hydrogen-bond acceptors (Lipinski definition) is 3. The highest BCUT2D eigenvalue weighted by atomic mass is 16.3. The third-order valence-corrected chi connectivity index (χ3v) is 2.85. The Morgan fingerprint density at radius 1 is 1.06 bits per heavy atom. The molecule has 16 heavy (non-hydrogen) atoms. The third-order valence-electron chi connectivity index (χ3n) is 2.85. The maximum atomic E-state index is 9.12. The maximum absolute atomic E-state index is 9.12. The van der Waals surface area contributed by atoms with Crippen molar-refractivity contribution >= 4 is 0 Å². The van der Waals surface area contributed by atoms with Crippen LogP contribution in [0.3, 0.4) is 0 Å². The van der Waals surface area contributed by atoms with Gasteiger partial charge in [0.15, 0.2) is 0 Å². The molecule has 0 radical (unpaired) electrons. The van der Waals surface area contributed by atoms with Gasteiger partial charge >= 0.3 is 0 Å². The van der Waals surface area contributed by atoms with Crippen LogP contribution < -0.4 is 5.32 Å². The number of aliphatic hydroxyl groups is 2. The van der Waals surface area contributed by atoms with Gasteiger partial charge in [0.25, 0.3) is 0 Å². The lowest BCUT2D eigenvalue weighted by molar-refractivity contribution is 0.103. The Labute approximate surface area is 97.1 Å². The van der Waals surface area contributed by atoms with E-state index in [9.17, 15) is 0 Å². The lowest BCUT2D eigenvalue weighted by Crippen LogP contribution is -2.48. The Kier molecular flexibility index (Phi) is 4.93. The van der Waals surface area contributed by atoms with E-state index >= 15 is 0 Å². The average molecular weight is 223 g/mol. The van der Waals surface area contributed by atoms with Gasteiger partial charge in [-0.25, -0.2) is 0 Å². The summed E-state index contributed by atoms with van der Waals surface area (Å²) < 4.78 is 0. The van der Waals surface area contributed by atoms with Crippen molar-refractivity contribution in [3.8, 4) is 0 Å². The zero-order valence-electron chi connectivity index (χ0n) is 10.0. The first-order valence-corrected chi connectivity index (χ1v) is 5.68. The molecule has 0 aliphatic heterocycles. The van der Waals surface area contributed by atoms with Crippen LogP contribution in [0.1, 0.15) is 25.0 Å². The van der Waals surface area contributed by atoms with Gasteiger partial charge in [0.1, 0.15) is 0 Å². The molecule has 1 rings (SSSR count). The van der Waals surface area contributed by atoms with Crippen LogP contribution in [0.2, 0.25) is 0 Å². The zero-order valence-corrected chi connectivity index (χ0v) is 10.0. The molecule has 0 heterocycles. The van der Waals surface area contributed by atoms with Crippen molar-refractivity contribution in [1.82, 2.24) is 5.32 Å². The molecule has 1 aromatic rings. The summed E-state index contributed by atoms with van der Waals surface area (Å²) in [5, 5.41) is 21.4. The van der Waals surface area contributed by atoms with Crippen molar-refractivity contribution in [1.29, 1.82) is 0 Å². The van der Waals surface area contributed by atoms with E-state index in [4.69, 9.17) is 10.2 Å². The molecule has 0 aromatic heterocycles. The molecule has 0 bridgehead atoms. The molecule has 0 saturated carbocycles. The molecule has 0 amide bonds. The fourth-order valence-corrected chi connectivity index (χ4v) is 1.37. The van der Waals surface area contributed by atoms with Crippen LogP contribution in [0.15, 0.2) is 24.3 Å². The standard InChI is InChI=1S/C13H21NO2/c1-3-11-4-6-12(7-5-11)8-14-13(2,9-15)10-16/h4-7,14-16H,3,8-10H2,1-2H3. The van der Waals surface area contributed by atoms with Crippen molar-refractivity contribution in [3.05, 3.63) is 35.4 Å². The highest BCUT2D eigenvalue weighted by Gasteiger charge is 2.20. The highest BCUT2D eigenvalue weighted by molar-refractivity contribution is 5.22. The second kappa shape index (κ2) is 5.99. The normalized spacial score (nSPS) is 11.8. The maximum Gasteiger partial charge on any atom is 0.0633 e. The highest BCUT2D eigenvalue weighted by Crippen LogP contribution is 2.07. The number of benzene rings is 1. The van der Waals surface area contributed by atoms with E-state index in [2.05, 4.69) is 36.5 Å².